The van der Waals surface area contributed by atoms with Gasteiger partial charge >= 0.3 is 0 Å². The van der Waals surface area contributed by atoms with Crippen molar-refractivity contribution in [3.8, 4) is 22.5 Å². The van der Waals surface area contributed by atoms with Crippen LogP contribution in [0.3, 0.4) is 0 Å². The Morgan fingerprint density at radius 2 is 1.55 bits per heavy atom. The van der Waals surface area contributed by atoms with Crippen LogP contribution < -0.4 is 4.31 Å². The normalized spacial score (nSPS) is 11.6. The first-order chi connectivity index (χ1) is 19.3. The summed E-state index contributed by atoms with van der Waals surface area (Å²) in [6.07, 6.45) is 1.67. The van der Waals surface area contributed by atoms with E-state index in [-0.39, 0.29) is 24.7 Å². The van der Waals surface area contributed by atoms with E-state index in [2.05, 4.69) is 0 Å². The van der Waals surface area contributed by atoms with Crippen LogP contribution in [0.5, 0.6) is 0 Å². The third kappa shape index (κ3) is 5.68. The highest BCUT2D eigenvalue weighted by Crippen LogP contribution is 2.41. The minimum absolute atomic E-state index is 0.183. The Balaban J connectivity index is 1.75. The van der Waals surface area contributed by atoms with Crippen LogP contribution in [0.15, 0.2) is 101 Å². The van der Waals surface area contributed by atoms with Gasteiger partial charge in [-0.25, -0.2) is 12.8 Å². The van der Waals surface area contributed by atoms with Crippen molar-refractivity contribution in [2.75, 3.05) is 30.8 Å². The van der Waals surface area contributed by atoms with Crippen molar-refractivity contribution < 1.29 is 26.8 Å². The van der Waals surface area contributed by atoms with Gasteiger partial charge in [-0.3, -0.25) is 9.10 Å². The zero-order valence-electron chi connectivity index (χ0n) is 22.1. The first-order valence-corrected chi connectivity index (χ1v) is 14.6. The second kappa shape index (κ2) is 11.5. The quantitative estimate of drug-likeness (QED) is 0.178. The molecule has 5 rings (SSSR count). The molecule has 5 aromatic rings. The average Bonchev–Trinajstić information content (AvgIpc) is 3.32. The number of rotatable bonds is 10. The first-order valence-electron chi connectivity index (χ1n) is 12.7. The van der Waals surface area contributed by atoms with Gasteiger partial charge in [-0.15, -0.1) is 0 Å². The number of Topliss-reactive ketones (excluding diaryl/α,β-unsaturated/α-hetero) is 1. The van der Waals surface area contributed by atoms with Crippen molar-refractivity contribution in [3.63, 3.8) is 0 Å². The molecule has 1 aromatic heterocycles. The lowest BCUT2D eigenvalue weighted by Gasteiger charge is -2.25. The van der Waals surface area contributed by atoms with E-state index in [1.165, 1.54) is 41.9 Å². The van der Waals surface area contributed by atoms with Gasteiger partial charge < -0.3 is 9.15 Å². The molecule has 0 bridgehead atoms. The van der Waals surface area contributed by atoms with E-state index in [1.807, 2.05) is 60.7 Å². The second-order valence-electron chi connectivity index (χ2n) is 9.47. The highest BCUT2D eigenvalue weighted by Gasteiger charge is 2.27. The summed E-state index contributed by atoms with van der Waals surface area (Å²) in [5.41, 5.74) is 3.99. The van der Waals surface area contributed by atoms with Crippen LogP contribution >= 0.6 is 0 Å². The lowest BCUT2D eigenvalue weighted by Crippen LogP contribution is -2.32. The molecule has 8 heteroatoms. The third-order valence-electron chi connectivity index (χ3n) is 6.67. The number of fused-ring (bicyclic) bond motifs is 1. The molecule has 6 nitrogen and oxygen atoms in total. The van der Waals surface area contributed by atoms with E-state index in [0.717, 1.165) is 11.1 Å². The Hall–Kier alpha value is -4.27. The molecular formula is C32H28FNO5S. The van der Waals surface area contributed by atoms with Crippen molar-refractivity contribution in [2.45, 2.75) is 6.42 Å². The smallest absolute Gasteiger partial charge is 0.232 e. The standard InChI is InChI=1S/C32H28FNO5S/c1-38-21-29(35)31-27-19-26(23-11-7-4-8-12-23)28(20-30(27)39-32(31)24-13-15-25(33)16-14-24)34(40(2,36)37)18-17-22-9-5-3-6-10-22/h3-16,19-20H,17-18,21H2,1-2H3. The monoisotopic (exact) mass is 557 g/mol. The Labute approximate surface area is 232 Å². The molecule has 0 N–H and O–H groups in total. The van der Waals surface area contributed by atoms with E-state index >= 15 is 0 Å². The molecule has 0 aliphatic rings. The number of hydrogen-bond donors (Lipinski definition) is 0. The minimum Gasteiger partial charge on any atom is -0.455 e. The van der Waals surface area contributed by atoms with Gasteiger partial charge in [0.15, 0.2) is 5.78 Å². The van der Waals surface area contributed by atoms with E-state index in [9.17, 15) is 17.6 Å². The van der Waals surface area contributed by atoms with Crippen LogP contribution in [-0.4, -0.2) is 40.7 Å². The van der Waals surface area contributed by atoms with Gasteiger partial charge in [-0.1, -0.05) is 60.7 Å². The van der Waals surface area contributed by atoms with Gasteiger partial charge in [-0.05, 0) is 47.9 Å². The average molecular weight is 558 g/mol. The summed E-state index contributed by atoms with van der Waals surface area (Å²) in [7, 11) is -2.28. The van der Waals surface area contributed by atoms with Crippen LogP contribution in [0.2, 0.25) is 0 Å². The maximum Gasteiger partial charge on any atom is 0.232 e. The molecule has 0 unspecified atom stereocenters. The number of furan rings is 1. The zero-order chi connectivity index (χ0) is 28.3. The molecule has 40 heavy (non-hydrogen) atoms. The van der Waals surface area contributed by atoms with Crippen LogP contribution in [-0.2, 0) is 21.2 Å². The van der Waals surface area contributed by atoms with Crippen molar-refractivity contribution >= 4 is 32.5 Å². The largest absolute Gasteiger partial charge is 0.455 e. The highest BCUT2D eigenvalue weighted by atomic mass is 32.2. The fraction of sp³-hybridized carbons (Fsp3) is 0.156. The third-order valence-corrected chi connectivity index (χ3v) is 7.85. The number of benzene rings is 4. The molecule has 0 atom stereocenters. The Kier molecular flexibility index (Phi) is 7.82. The molecule has 0 saturated heterocycles. The number of sulfonamides is 1. The summed E-state index contributed by atoms with van der Waals surface area (Å²) in [5, 5.41) is 0.514. The fourth-order valence-electron chi connectivity index (χ4n) is 4.81. The summed E-state index contributed by atoms with van der Waals surface area (Å²) >= 11 is 0. The number of ether oxygens (including phenoxy) is 1. The lowest BCUT2D eigenvalue weighted by molar-refractivity contribution is 0.0849. The van der Waals surface area contributed by atoms with Crippen LogP contribution in [0.25, 0.3) is 33.4 Å². The van der Waals surface area contributed by atoms with Crippen molar-refractivity contribution in [3.05, 3.63) is 114 Å². The molecule has 0 aliphatic carbocycles. The summed E-state index contributed by atoms with van der Waals surface area (Å²) in [6.45, 7) is 0.0208. The molecule has 0 saturated carbocycles. The van der Waals surface area contributed by atoms with Gasteiger partial charge in [0.05, 0.1) is 17.5 Å². The molecule has 4 aromatic carbocycles. The van der Waals surface area contributed by atoms with Gasteiger partial charge in [0.2, 0.25) is 10.0 Å². The van der Waals surface area contributed by atoms with Crippen LogP contribution in [0.1, 0.15) is 15.9 Å². The molecule has 0 aliphatic heterocycles. The van der Waals surface area contributed by atoms with Crippen LogP contribution in [0.4, 0.5) is 10.1 Å². The number of halogens is 1. The Bertz CT molecular complexity index is 1750. The molecule has 1 heterocycles. The number of anilines is 1. The van der Waals surface area contributed by atoms with Crippen molar-refractivity contribution in [2.24, 2.45) is 0 Å². The number of carbonyl (C=O) groups excluding carboxylic acids is 1. The Morgan fingerprint density at radius 1 is 0.900 bits per heavy atom. The van der Waals surface area contributed by atoms with E-state index in [0.29, 0.717) is 39.8 Å². The minimum atomic E-state index is -3.71. The maximum absolute atomic E-state index is 13.7. The number of carbonyl (C=O) groups is 1. The molecule has 204 valence electrons. The van der Waals surface area contributed by atoms with E-state index in [1.54, 1.807) is 12.1 Å². The molecular weight excluding hydrogens is 529 g/mol. The number of hydrogen-bond acceptors (Lipinski definition) is 5. The summed E-state index contributed by atoms with van der Waals surface area (Å²) in [4.78, 5) is 13.3. The first kappa shape index (κ1) is 27.3. The summed E-state index contributed by atoms with van der Waals surface area (Å²) in [6, 6.07) is 28.2. The fourth-order valence-corrected chi connectivity index (χ4v) is 5.74. The van der Waals surface area contributed by atoms with Crippen LogP contribution in [0, 0.1) is 5.82 Å². The maximum atomic E-state index is 13.7. The second-order valence-corrected chi connectivity index (χ2v) is 11.4. The number of ketones is 1. The molecule has 0 amide bonds. The van der Waals surface area contributed by atoms with Gasteiger partial charge in [0.1, 0.15) is 23.8 Å². The summed E-state index contributed by atoms with van der Waals surface area (Å²) in [5.74, 6) is -0.458. The lowest BCUT2D eigenvalue weighted by atomic mass is 9.97. The van der Waals surface area contributed by atoms with Gasteiger partial charge in [0.25, 0.3) is 0 Å². The van der Waals surface area contributed by atoms with Gasteiger partial charge in [0, 0.05) is 36.2 Å². The highest BCUT2D eigenvalue weighted by molar-refractivity contribution is 7.92. The van der Waals surface area contributed by atoms with Crippen molar-refractivity contribution in [1.82, 2.24) is 0 Å². The number of nitrogens with zero attached hydrogens (tertiary/aromatic N) is 1. The SMILES string of the molecule is COCC(=O)c1c(-c2ccc(F)cc2)oc2cc(N(CCc3ccccc3)S(C)(=O)=O)c(-c3ccccc3)cc12. The molecule has 0 radical (unpaired) electrons. The topological polar surface area (TPSA) is 76.8 Å². The summed E-state index contributed by atoms with van der Waals surface area (Å²) < 4.78 is 52.8. The Morgan fingerprint density at radius 3 is 2.17 bits per heavy atom. The van der Waals surface area contributed by atoms with Crippen molar-refractivity contribution in [1.29, 1.82) is 0 Å². The van der Waals surface area contributed by atoms with E-state index < -0.39 is 15.8 Å². The molecule has 0 fully saturated rings. The van der Waals surface area contributed by atoms with E-state index in [4.69, 9.17) is 9.15 Å². The predicted octanol–water partition coefficient (Wildman–Crippen LogP) is 6.74. The molecule has 0 spiro atoms. The number of methoxy groups -OCH3 is 1. The predicted molar refractivity (Wildman–Crippen MR) is 156 cm³/mol. The van der Waals surface area contributed by atoms with Gasteiger partial charge in [-0.2, -0.15) is 0 Å². The zero-order valence-corrected chi connectivity index (χ0v) is 23.0.